The van der Waals surface area contributed by atoms with Gasteiger partial charge in [0, 0.05) is 19.6 Å². The Morgan fingerprint density at radius 1 is 1.42 bits per heavy atom. The highest BCUT2D eigenvalue weighted by Crippen LogP contribution is 2.17. The molecule has 24 heavy (non-hydrogen) atoms. The molecule has 1 aromatic heterocycles. The fourth-order valence-corrected chi connectivity index (χ4v) is 3.11. The van der Waals surface area contributed by atoms with E-state index in [9.17, 15) is 4.79 Å². The van der Waals surface area contributed by atoms with Crippen LogP contribution in [0.4, 0.5) is 0 Å². The normalized spacial score (nSPS) is 18.7. The first kappa shape index (κ1) is 16.5. The summed E-state index contributed by atoms with van der Waals surface area (Å²) < 4.78 is 5.00. The van der Waals surface area contributed by atoms with Crippen molar-refractivity contribution < 1.29 is 9.21 Å². The Balaban J connectivity index is 1.44. The number of amides is 1. The van der Waals surface area contributed by atoms with Crippen molar-refractivity contribution in [3.05, 3.63) is 59.8 Å². The number of nitrogens with one attached hydrogen (secondary N) is 1. The zero-order valence-electron chi connectivity index (χ0n) is 13.9. The van der Waals surface area contributed by atoms with Gasteiger partial charge in [-0.25, -0.2) is 4.98 Å². The molecule has 2 heterocycles. The maximum Gasteiger partial charge on any atom is 0.288 e. The molecule has 1 N–H and O–H groups in total. The number of aromatic nitrogens is 1. The topological polar surface area (TPSA) is 58.4 Å². The second kappa shape index (κ2) is 7.93. The van der Waals surface area contributed by atoms with E-state index < -0.39 is 0 Å². The van der Waals surface area contributed by atoms with Crippen molar-refractivity contribution in [1.29, 1.82) is 0 Å². The molecule has 0 aliphatic carbocycles. The molecule has 5 nitrogen and oxygen atoms in total. The summed E-state index contributed by atoms with van der Waals surface area (Å²) in [5.41, 5.74) is 2.60. The van der Waals surface area contributed by atoms with Gasteiger partial charge in [0.2, 0.25) is 5.76 Å². The number of nitrogens with zero attached hydrogens (tertiary/aromatic N) is 2. The molecule has 0 unspecified atom stereocenters. The number of carbonyl (C=O) groups is 1. The van der Waals surface area contributed by atoms with Crippen molar-refractivity contribution in [2.45, 2.75) is 13.3 Å². The van der Waals surface area contributed by atoms with Gasteiger partial charge in [0.15, 0.2) is 6.39 Å². The predicted octanol–water partition coefficient (Wildman–Crippen LogP) is 2.83. The summed E-state index contributed by atoms with van der Waals surface area (Å²) in [4.78, 5) is 18.1. The van der Waals surface area contributed by atoms with Gasteiger partial charge in [-0.2, -0.15) is 0 Å². The maximum absolute atomic E-state index is 11.9. The molecule has 1 aromatic carbocycles. The van der Waals surface area contributed by atoms with Gasteiger partial charge in [0.25, 0.3) is 5.91 Å². The fourth-order valence-electron chi connectivity index (χ4n) is 3.11. The lowest BCUT2D eigenvalue weighted by atomic mass is 10.1. The van der Waals surface area contributed by atoms with Crippen LogP contribution in [0.1, 0.15) is 29.5 Å². The molecular formula is C19H23N3O2. The van der Waals surface area contributed by atoms with Crippen LogP contribution < -0.4 is 5.32 Å². The Hall–Kier alpha value is -2.40. The summed E-state index contributed by atoms with van der Waals surface area (Å²) in [6.07, 6.45) is 6.05. The van der Waals surface area contributed by atoms with E-state index in [1.54, 1.807) is 0 Å². The molecular weight excluding hydrogens is 302 g/mol. The minimum absolute atomic E-state index is 0.189. The van der Waals surface area contributed by atoms with Crippen LogP contribution in [0.25, 0.3) is 6.08 Å². The van der Waals surface area contributed by atoms with Crippen LogP contribution >= 0.6 is 0 Å². The van der Waals surface area contributed by atoms with Crippen molar-refractivity contribution in [3.8, 4) is 0 Å². The Kier molecular flexibility index (Phi) is 5.43. The third kappa shape index (κ3) is 4.55. The highest BCUT2D eigenvalue weighted by Gasteiger charge is 2.23. The highest BCUT2D eigenvalue weighted by atomic mass is 16.3. The number of carbonyl (C=O) groups excluding carboxylic acids is 1. The van der Waals surface area contributed by atoms with Gasteiger partial charge < -0.3 is 9.73 Å². The molecule has 0 bridgehead atoms. The Labute approximate surface area is 142 Å². The highest BCUT2D eigenvalue weighted by molar-refractivity contribution is 5.90. The van der Waals surface area contributed by atoms with Gasteiger partial charge in [-0.15, -0.1) is 0 Å². The molecule has 1 saturated heterocycles. The zero-order chi connectivity index (χ0) is 16.8. The number of likely N-dealkylation sites (tertiary alicyclic amines) is 1. The second-order valence-corrected chi connectivity index (χ2v) is 6.37. The average molecular weight is 325 g/mol. The predicted molar refractivity (Wildman–Crippen MR) is 93.5 cm³/mol. The monoisotopic (exact) mass is 325 g/mol. The lowest BCUT2D eigenvalue weighted by molar-refractivity contribution is 0.0919. The van der Waals surface area contributed by atoms with Gasteiger partial charge in [-0.05, 0) is 31.4 Å². The molecule has 0 saturated carbocycles. The van der Waals surface area contributed by atoms with E-state index in [0.29, 0.717) is 12.5 Å². The van der Waals surface area contributed by atoms with E-state index in [4.69, 9.17) is 4.42 Å². The quantitative estimate of drug-likeness (QED) is 0.887. The summed E-state index contributed by atoms with van der Waals surface area (Å²) in [5, 5.41) is 2.93. The van der Waals surface area contributed by atoms with Crippen molar-refractivity contribution in [2.24, 2.45) is 5.92 Å². The minimum atomic E-state index is -0.189. The fraction of sp³-hybridized carbons (Fsp3) is 0.368. The van der Waals surface area contributed by atoms with Gasteiger partial charge >= 0.3 is 0 Å². The molecule has 1 fully saturated rings. The van der Waals surface area contributed by atoms with Crippen molar-refractivity contribution in [3.63, 3.8) is 0 Å². The van der Waals surface area contributed by atoms with Gasteiger partial charge in [-0.1, -0.05) is 42.0 Å². The summed E-state index contributed by atoms with van der Waals surface area (Å²) in [6.45, 7) is 5.91. The number of rotatable bonds is 6. The van der Waals surface area contributed by atoms with Crippen LogP contribution in [-0.2, 0) is 0 Å². The molecule has 126 valence electrons. The van der Waals surface area contributed by atoms with Crippen LogP contribution in [0.15, 0.2) is 52.9 Å². The molecule has 1 aliphatic heterocycles. The third-order valence-corrected chi connectivity index (χ3v) is 4.26. The Bertz CT molecular complexity index is 680. The maximum atomic E-state index is 11.9. The number of benzene rings is 1. The second-order valence-electron chi connectivity index (χ2n) is 6.37. The van der Waals surface area contributed by atoms with Crippen molar-refractivity contribution in [2.75, 3.05) is 26.2 Å². The van der Waals surface area contributed by atoms with E-state index >= 15 is 0 Å². The van der Waals surface area contributed by atoms with Gasteiger partial charge in [0.05, 0.1) is 6.20 Å². The Morgan fingerprint density at radius 3 is 3.00 bits per heavy atom. The van der Waals surface area contributed by atoms with Gasteiger partial charge in [-0.3, -0.25) is 9.69 Å². The molecule has 0 spiro atoms. The SMILES string of the molecule is C/C(=C\c1ccccc1)CN1CC[C@@H](CNC(=O)c2cnco2)C1. The standard InChI is InChI=1S/C19H23N3O2/c1-15(9-16-5-3-2-4-6-16)12-22-8-7-17(13-22)10-21-19(23)18-11-20-14-24-18/h2-6,9,11,14,17H,7-8,10,12-13H2,1H3,(H,21,23)/b15-9+/t17-/m0/s1. The first-order valence-electron chi connectivity index (χ1n) is 8.32. The van der Waals surface area contributed by atoms with Crippen molar-refractivity contribution in [1.82, 2.24) is 15.2 Å². The lowest BCUT2D eigenvalue weighted by Gasteiger charge is -2.16. The minimum Gasteiger partial charge on any atom is -0.438 e. The lowest BCUT2D eigenvalue weighted by Crippen LogP contribution is -2.31. The first-order valence-corrected chi connectivity index (χ1v) is 8.32. The largest absolute Gasteiger partial charge is 0.438 e. The summed E-state index contributed by atoms with van der Waals surface area (Å²) in [5.74, 6) is 0.569. The Morgan fingerprint density at radius 2 is 2.25 bits per heavy atom. The summed E-state index contributed by atoms with van der Waals surface area (Å²) >= 11 is 0. The van der Waals surface area contributed by atoms with Gasteiger partial charge in [0.1, 0.15) is 0 Å². The molecule has 3 rings (SSSR count). The molecule has 1 aliphatic rings. The summed E-state index contributed by atoms with van der Waals surface area (Å²) in [6, 6.07) is 10.4. The van der Waals surface area contributed by atoms with Crippen LogP contribution in [0.3, 0.4) is 0 Å². The van der Waals surface area contributed by atoms with Crippen LogP contribution in [0, 0.1) is 5.92 Å². The van der Waals surface area contributed by atoms with E-state index in [0.717, 1.165) is 26.1 Å². The molecule has 5 heteroatoms. The molecule has 1 atom stereocenters. The van der Waals surface area contributed by atoms with Crippen LogP contribution in [0.2, 0.25) is 0 Å². The van der Waals surface area contributed by atoms with E-state index in [1.165, 1.54) is 23.7 Å². The first-order chi connectivity index (χ1) is 11.7. The van der Waals surface area contributed by atoms with Crippen LogP contribution in [0.5, 0.6) is 0 Å². The smallest absolute Gasteiger partial charge is 0.288 e. The number of oxazole rings is 1. The zero-order valence-corrected chi connectivity index (χ0v) is 13.9. The third-order valence-electron chi connectivity index (χ3n) is 4.26. The van der Waals surface area contributed by atoms with Crippen LogP contribution in [-0.4, -0.2) is 42.0 Å². The molecule has 2 aromatic rings. The van der Waals surface area contributed by atoms with Crippen molar-refractivity contribution >= 4 is 12.0 Å². The van der Waals surface area contributed by atoms with E-state index in [-0.39, 0.29) is 11.7 Å². The number of hydrogen-bond acceptors (Lipinski definition) is 4. The van der Waals surface area contributed by atoms with E-state index in [2.05, 4.69) is 52.5 Å². The van der Waals surface area contributed by atoms with E-state index in [1.807, 2.05) is 6.07 Å². The number of hydrogen-bond donors (Lipinski definition) is 1. The molecule has 1 amide bonds. The average Bonchev–Trinajstić information content (AvgIpc) is 3.25. The molecule has 0 radical (unpaired) electrons. The summed E-state index contributed by atoms with van der Waals surface area (Å²) in [7, 11) is 0.